The summed E-state index contributed by atoms with van der Waals surface area (Å²) in [5.41, 5.74) is 4.62. The van der Waals surface area contributed by atoms with E-state index in [0.717, 1.165) is 5.56 Å². The fraction of sp³-hybridized carbons (Fsp3) is 0.267. The normalized spacial score (nSPS) is 12.4. The van der Waals surface area contributed by atoms with Gasteiger partial charge in [0.15, 0.2) is 0 Å². The van der Waals surface area contributed by atoms with E-state index in [0.29, 0.717) is 6.42 Å². The smallest absolute Gasteiger partial charge is 0.0831 e. The fourth-order valence-corrected chi connectivity index (χ4v) is 2.07. The molecule has 0 saturated heterocycles. The molecule has 88 valence electrons. The van der Waals surface area contributed by atoms with Gasteiger partial charge in [-0.3, -0.25) is 4.98 Å². The van der Waals surface area contributed by atoms with Crippen LogP contribution in [0.5, 0.6) is 0 Å². The fourth-order valence-electron chi connectivity index (χ4n) is 2.07. The van der Waals surface area contributed by atoms with Gasteiger partial charge in [0, 0.05) is 18.8 Å². The Bertz CT molecular complexity index is 473. The first-order valence-corrected chi connectivity index (χ1v) is 5.81. The molecule has 0 bridgehead atoms. The number of aliphatic hydroxyl groups excluding tert-OH is 1. The summed E-state index contributed by atoms with van der Waals surface area (Å²) < 4.78 is 0. The van der Waals surface area contributed by atoms with E-state index in [9.17, 15) is 5.11 Å². The van der Waals surface area contributed by atoms with Crippen molar-refractivity contribution in [2.75, 3.05) is 0 Å². The molecule has 0 aliphatic rings. The summed E-state index contributed by atoms with van der Waals surface area (Å²) in [7, 11) is 0. The van der Waals surface area contributed by atoms with E-state index in [1.807, 2.05) is 18.2 Å². The first-order valence-electron chi connectivity index (χ1n) is 5.81. The quantitative estimate of drug-likeness (QED) is 0.874. The average molecular weight is 227 g/mol. The number of rotatable bonds is 3. The zero-order valence-electron chi connectivity index (χ0n) is 10.2. The molecule has 2 rings (SSSR count). The van der Waals surface area contributed by atoms with E-state index >= 15 is 0 Å². The average Bonchev–Trinajstić information content (AvgIpc) is 2.35. The molecule has 1 atom stereocenters. The van der Waals surface area contributed by atoms with Crippen molar-refractivity contribution in [3.8, 4) is 0 Å². The first kappa shape index (κ1) is 11.8. The molecule has 2 nitrogen and oxygen atoms in total. The molecule has 2 heteroatoms. The third-order valence-corrected chi connectivity index (χ3v) is 3.13. The molecule has 0 amide bonds. The SMILES string of the molecule is Cc1cccc(C)c1CC(O)c1ccncc1. The number of aliphatic hydroxyl groups is 1. The summed E-state index contributed by atoms with van der Waals surface area (Å²) in [6, 6.07) is 9.94. The van der Waals surface area contributed by atoms with Crippen molar-refractivity contribution >= 4 is 0 Å². The summed E-state index contributed by atoms with van der Waals surface area (Å²) in [6.45, 7) is 4.17. The van der Waals surface area contributed by atoms with Crippen molar-refractivity contribution in [3.63, 3.8) is 0 Å². The van der Waals surface area contributed by atoms with Gasteiger partial charge in [-0.15, -0.1) is 0 Å². The number of hydrogen-bond donors (Lipinski definition) is 1. The predicted molar refractivity (Wildman–Crippen MR) is 68.8 cm³/mol. The first-order chi connectivity index (χ1) is 8.18. The van der Waals surface area contributed by atoms with Crippen molar-refractivity contribution in [1.82, 2.24) is 4.98 Å². The molecule has 1 unspecified atom stereocenters. The van der Waals surface area contributed by atoms with E-state index < -0.39 is 6.10 Å². The Kier molecular flexibility index (Phi) is 3.55. The number of aromatic nitrogens is 1. The Morgan fingerprint density at radius 2 is 1.65 bits per heavy atom. The molecule has 0 spiro atoms. The van der Waals surface area contributed by atoms with Gasteiger partial charge in [0.25, 0.3) is 0 Å². The number of pyridine rings is 1. The molecular weight excluding hydrogens is 210 g/mol. The van der Waals surface area contributed by atoms with E-state index in [1.165, 1.54) is 16.7 Å². The topological polar surface area (TPSA) is 33.1 Å². The minimum absolute atomic E-state index is 0.460. The van der Waals surface area contributed by atoms with Crippen LogP contribution in [0.4, 0.5) is 0 Å². The largest absolute Gasteiger partial charge is 0.388 e. The highest BCUT2D eigenvalue weighted by Gasteiger charge is 2.11. The monoisotopic (exact) mass is 227 g/mol. The number of benzene rings is 1. The molecule has 1 aromatic heterocycles. The highest BCUT2D eigenvalue weighted by molar-refractivity contribution is 5.34. The lowest BCUT2D eigenvalue weighted by molar-refractivity contribution is 0.178. The van der Waals surface area contributed by atoms with E-state index in [2.05, 4.69) is 31.0 Å². The van der Waals surface area contributed by atoms with Crippen LogP contribution in [0.3, 0.4) is 0 Å². The van der Waals surface area contributed by atoms with E-state index in [1.54, 1.807) is 12.4 Å². The van der Waals surface area contributed by atoms with Gasteiger partial charge in [-0.1, -0.05) is 18.2 Å². The van der Waals surface area contributed by atoms with Gasteiger partial charge in [-0.25, -0.2) is 0 Å². The molecule has 17 heavy (non-hydrogen) atoms. The van der Waals surface area contributed by atoms with Gasteiger partial charge >= 0.3 is 0 Å². The van der Waals surface area contributed by atoms with Crippen molar-refractivity contribution in [2.45, 2.75) is 26.4 Å². The zero-order chi connectivity index (χ0) is 12.3. The van der Waals surface area contributed by atoms with Crippen molar-refractivity contribution in [1.29, 1.82) is 0 Å². The summed E-state index contributed by atoms with van der Waals surface area (Å²) in [4.78, 5) is 3.96. The Labute approximate surface area is 102 Å². The number of nitrogens with zero attached hydrogens (tertiary/aromatic N) is 1. The zero-order valence-corrected chi connectivity index (χ0v) is 10.2. The van der Waals surface area contributed by atoms with Gasteiger partial charge in [0.1, 0.15) is 0 Å². The maximum absolute atomic E-state index is 10.2. The molecule has 1 aromatic carbocycles. The van der Waals surface area contributed by atoms with Gasteiger partial charge in [0.05, 0.1) is 6.10 Å². The van der Waals surface area contributed by atoms with Crippen molar-refractivity contribution < 1.29 is 5.11 Å². The van der Waals surface area contributed by atoms with Gasteiger partial charge in [0.2, 0.25) is 0 Å². The second-order valence-electron chi connectivity index (χ2n) is 4.37. The van der Waals surface area contributed by atoms with Crippen LogP contribution in [-0.2, 0) is 6.42 Å². The summed E-state index contributed by atoms with van der Waals surface area (Å²) in [5, 5.41) is 10.2. The molecule has 0 saturated carbocycles. The van der Waals surface area contributed by atoms with Crippen LogP contribution in [0.2, 0.25) is 0 Å². The summed E-state index contributed by atoms with van der Waals surface area (Å²) in [5.74, 6) is 0. The third-order valence-electron chi connectivity index (χ3n) is 3.13. The van der Waals surface area contributed by atoms with Crippen LogP contribution in [0, 0.1) is 13.8 Å². The Morgan fingerprint density at radius 1 is 1.06 bits per heavy atom. The second-order valence-corrected chi connectivity index (χ2v) is 4.37. The Morgan fingerprint density at radius 3 is 2.24 bits per heavy atom. The molecule has 1 heterocycles. The van der Waals surface area contributed by atoms with Crippen LogP contribution in [0.15, 0.2) is 42.7 Å². The molecular formula is C15H17NO. The minimum Gasteiger partial charge on any atom is -0.388 e. The number of aryl methyl sites for hydroxylation is 2. The molecule has 1 N–H and O–H groups in total. The molecule has 0 fully saturated rings. The van der Waals surface area contributed by atoms with Crippen LogP contribution in [0.1, 0.15) is 28.4 Å². The van der Waals surface area contributed by atoms with Gasteiger partial charge in [-0.05, 0) is 48.2 Å². The second kappa shape index (κ2) is 5.11. The molecule has 2 aromatic rings. The highest BCUT2D eigenvalue weighted by Crippen LogP contribution is 2.22. The summed E-state index contributed by atoms with van der Waals surface area (Å²) >= 11 is 0. The van der Waals surface area contributed by atoms with Crippen LogP contribution in [-0.4, -0.2) is 10.1 Å². The standard InChI is InChI=1S/C15H17NO/c1-11-4-3-5-12(2)14(11)10-15(17)13-6-8-16-9-7-13/h3-9,15,17H,10H2,1-2H3. The van der Waals surface area contributed by atoms with Crippen molar-refractivity contribution in [3.05, 3.63) is 65.0 Å². The lowest BCUT2D eigenvalue weighted by Crippen LogP contribution is -2.04. The van der Waals surface area contributed by atoms with E-state index in [4.69, 9.17) is 0 Å². The third kappa shape index (κ3) is 2.71. The molecule has 0 radical (unpaired) electrons. The molecule has 0 aliphatic heterocycles. The van der Waals surface area contributed by atoms with Crippen LogP contribution < -0.4 is 0 Å². The van der Waals surface area contributed by atoms with Crippen molar-refractivity contribution in [2.24, 2.45) is 0 Å². The van der Waals surface area contributed by atoms with Gasteiger partial charge < -0.3 is 5.11 Å². The van der Waals surface area contributed by atoms with Crippen LogP contribution >= 0.6 is 0 Å². The lowest BCUT2D eigenvalue weighted by Gasteiger charge is -2.14. The Hall–Kier alpha value is -1.67. The summed E-state index contributed by atoms with van der Waals surface area (Å²) in [6.07, 6.45) is 3.62. The van der Waals surface area contributed by atoms with E-state index in [-0.39, 0.29) is 0 Å². The number of hydrogen-bond acceptors (Lipinski definition) is 2. The Balaban J connectivity index is 2.22. The lowest BCUT2D eigenvalue weighted by atomic mass is 9.95. The highest BCUT2D eigenvalue weighted by atomic mass is 16.3. The maximum Gasteiger partial charge on any atom is 0.0831 e. The predicted octanol–water partition coefficient (Wildman–Crippen LogP) is 2.97. The minimum atomic E-state index is -0.460. The maximum atomic E-state index is 10.2. The molecule has 0 aliphatic carbocycles. The van der Waals surface area contributed by atoms with Gasteiger partial charge in [-0.2, -0.15) is 0 Å². The van der Waals surface area contributed by atoms with Crippen LogP contribution in [0.25, 0.3) is 0 Å².